The number of likely N-dealkylation sites (tertiary alicyclic amines) is 1. The molecule has 5 nitrogen and oxygen atoms in total. The number of aromatic nitrogens is 2. The van der Waals surface area contributed by atoms with Crippen molar-refractivity contribution in [2.75, 3.05) is 18.8 Å². The molecule has 0 aliphatic carbocycles. The Bertz CT molecular complexity index is 613. The first kappa shape index (κ1) is 14.6. The van der Waals surface area contributed by atoms with Crippen LogP contribution in [0.1, 0.15) is 37.9 Å². The number of carbonyl (C=O) groups excluding carboxylic acids is 1. The fourth-order valence-electron chi connectivity index (χ4n) is 3.16. The fraction of sp³-hybridized carbons (Fsp3) is 0.667. The molecule has 2 unspecified atom stereocenters. The summed E-state index contributed by atoms with van der Waals surface area (Å²) in [4.78, 5) is 31.0. The number of fused-ring (bicyclic) bond motifs is 1. The van der Waals surface area contributed by atoms with Crippen LogP contribution in [0, 0.1) is 12.8 Å². The lowest BCUT2D eigenvalue weighted by atomic mass is 10.00. The minimum Gasteiger partial charge on any atom is -0.342 e. The third kappa shape index (κ3) is 3.00. The summed E-state index contributed by atoms with van der Waals surface area (Å²) in [6, 6.07) is 1.51. The van der Waals surface area contributed by atoms with Crippen LogP contribution in [-0.4, -0.2) is 39.2 Å². The zero-order valence-corrected chi connectivity index (χ0v) is 13.4. The highest BCUT2D eigenvalue weighted by Gasteiger charge is 2.30. The van der Waals surface area contributed by atoms with Crippen LogP contribution in [0.3, 0.4) is 0 Å². The van der Waals surface area contributed by atoms with Crippen LogP contribution in [-0.2, 0) is 4.79 Å². The molecule has 0 bridgehead atoms. The largest absolute Gasteiger partial charge is 0.342 e. The van der Waals surface area contributed by atoms with E-state index in [-0.39, 0.29) is 17.5 Å². The molecule has 1 fully saturated rings. The number of piperidine rings is 1. The molecule has 1 aromatic rings. The van der Waals surface area contributed by atoms with Crippen LogP contribution in [0.5, 0.6) is 0 Å². The first-order valence-corrected chi connectivity index (χ1v) is 8.54. The predicted octanol–water partition coefficient (Wildman–Crippen LogP) is 1.85. The van der Waals surface area contributed by atoms with E-state index in [9.17, 15) is 9.59 Å². The Balaban J connectivity index is 1.73. The summed E-state index contributed by atoms with van der Waals surface area (Å²) in [5.74, 6) is 1.52. The van der Waals surface area contributed by atoms with Gasteiger partial charge in [0.1, 0.15) is 0 Å². The molecule has 6 heteroatoms. The smallest absolute Gasteiger partial charge is 0.254 e. The Morgan fingerprint density at radius 3 is 3.10 bits per heavy atom. The summed E-state index contributed by atoms with van der Waals surface area (Å²) < 4.78 is 1.70. The highest BCUT2D eigenvalue weighted by Crippen LogP contribution is 2.32. The number of thioether (sulfide) groups is 1. The Labute approximate surface area is 128 Å². The maximum absolute atomic E-state index is 12.5. The molecule has 3 rings (SSSR count). The number of hydrogen-bond donors (Lipinski definition) is 0. The highest BCUT2D eigenvalue weighted by molar-refractivity contribution is 7.99. The van der Waals surface area contributed by atoms with Crippen molar-refractivity contribution in [2.24, 2.45) is 5.92 Å². The summed E-state index contributed by atoms with van der Waals surface area (Å²) in [5.41, 5.74) is 0.711. The van der Waals surface area contributed by atoms with Crippen LogP contribution in [0.15, 0.2) is 16.0 Å². The van der Waals surface area contributed by atoms with Gasteiger partial charge in [-0.05, 0) is 25.7 Å². The summed E-state index contributed by atoms with van der Waals surface area (Å²) in [5, 5.41) is 0.754. The lowest BCUT2D eigenvalue weighted by molar-refractivity contribution is -0.133. The molecule has 1 saturated heterocycles. The molecule has 21 heavy (non-hydrogen) atoms. The van der Waals surface area contributed by atoms with Crippen LogP contribution >= 0.6 is 11.8 Å². The number of rotatable bonds is 2. The van der Waals surface area contributed by atoms with Gasteiger partial charge in [-0.15, -0.1) is 0 Å². The van der Waals surface area contributed by atoms with E-state index in [1.54, 1.807) is 22.4 Å². The zero-order valence-electron chi connectivity index (χ0n) is 12.5. The maximum atomic E-state index is 12.5. The van der Waals surface area contributed by atoms with Gasteiger partial charge in [-0.25, -0.2) is 4.98 Å². The molecule has 2 aliphatic heterocycles. The van der Waals surface area contributed by atoms with Crippen molar-refractivity contribution < 1.29 is 4.79 Å². The third-order valence-electron chi connectivity index (χ3n) is 4.24. The predicted molar refractivity (Wildman–Crippen MR) is 82.6 cm³/mol. The fourth-order valence-corrected chi connectivity index (χ4v) is 4.35. The Morgan fingerprint density at radius 2 is 2.33 bits per heavy atom. The molecular weight excluding hydrogens is 286 g/mol. The number of nitrogens with zero attached hydrogens (tertiary/aromatic N) is 3. The normalized spacial score (nSPS) is 25.0. The molecule has 0 N–H and O–H groups in total. The van der Waals surface area contributed by atoms with E-state index >= 15 is 0 Å². The van der Waals surface area contributed by atoms with Crippen molar-refractivity contribution in [2.45, 2.75) is 44.3 Å². The van der Waals surface area contributed by atoms with Gasteiger partial charge >= 0.3 is 0 Å². The average Bonchev–Trinajstić information content (AvgIpc) is 2.81. The minimum atomic E-state index is -0.0460. The van der Waals surface area contributed by atoms with E-state index in [0.717, 1.165) is 36.1 Å². The van der Waals surface area contributed by atoms with Gasteiger partial charge in [0.2, 0.25) is 5.91 Å². The molecular formula is C15H21N3O2S. The zero-order chi connectivity index (χ0) is 15.0. The van der Waals surface area contributed by atoms with E-state index in [0.29, 0.717) is 12.3 Å². The highest BCUT2D eigenvalue weighted by atomic mass is 32.2. The van der Waals surface area contributed by atoms with E-state index in [1.807, 2.05) is 11.8 Å². The van der Waals surface area contributed by atoms with Crippen molar-refractivity contribution in [1.82, 2.24) is 14.5 Å². The van der Waals surface area contributed by atoms with Crippen molar-refractivity contribution in [3.8, 4) is 0 Å². The maximum Gasteiger partial charge on any atom is 0.254 e. The summed E-state index contributed by atoms with van der Waals surface area (Å²) in [6.45, 7) is 5.73. The van der Waals surface area contributed by atoms with Crippen molar-refractivity contribution in [1.29, 1.82) is 0 Å². The molecule has 2 atom stereocenters. The van der Waals surface area contributed by atoms with E-state index < -0.39 is 0 Å². The monoisotopic (exact) mass is 307 g/mol. The van der Waals surface area contributed by atoms with Gasteiger partial charge in [-0.1, -0.05) is 18.7 Å². The molecule has 1 amide bonds. The standard InChI is InChI=1S/C15H21N3O2S/c1-10-4-3-5-17(8-10)13(19)7-12-9-21-15-16-11(2)6-14(20)18(12)15/h6,10,12H,3-5,7-9H2,1-2H3. The van der Waals surface area contributed by atoms with Crippen LogP contribution in [0.4, 0.5) is 0 Å². The van der Waals surface area contributed by atoms with Gasteiger partial charge in [0.25, 0.3) is 5.56 Å². The SMILES string of the molecule is Cc1cc(=O)n2c(n1)SCC2CC(=O)N1CCCC(C)C1. The number of amides is 1. The van der Waals surface area contributed by atoms with Gasteiger partial charge in [0, 0.05) is 37.0 Å². The summed E-state index contributed by atoms with van der Waals surface area (Å²) in [7, 11) is 0. The lowest BCUT2D eigenvalue weighted by Crippen LogP contribution is -2.40. The second-order valence-electron chi connectivity index (χ2n) is 6.14. The molecule has 114 valence electrons. The van der Waals surface area contributed by atoms with E-state index in [4.69, 9.17) is 0 Å². The molecule has 2 aliphatic rings. The molecule has 0 aromatic carbocycles. The lowest BCUT2D eigenvalue weighted by Gasteiger charge is -2.31. The van der Waals surface area contributed by atoms with Crippen molar-refractivity contribution in [3.05, 3.63) is 22.1 Å². The third-order valence-corrected chi connectivity index (χ3v) is 5.34. The molecule has 0 saturated carbocycles. The van der Waals surface area contributed by atoms with E-state index in [1.165, 1.54) is 6.42 Å². The Morgan fingerprint density at radius 1 is 1.52 bits per heavy atom. The average molecular weight is 307 g/mol. The topological polar surface area (TPSA) is 55.2 Å². The quantitative estimate of drug-likeness (QED) is 0.783. The number of carbonyl (C=O) groups is 1. The van der Waals surface area contributed by atoms with Crippen LogP contribution in [0.25, 0.3) is 0 Å². The second kappa shape index (κ2) is 5.83. The van der Waals surface area contributed by atoms with Gasteiger partial charge in [-0.2, -0.15) is 0 Å². The summed E-state index contributed by atoms with van der Waals surface area (Å²) >= 11 is 1.57. The first-order valence-electron chi connectivity index (χ1n) is 7.55. The molecule has 3 heterocycles. The van der Waals surface area contributed by atoms with Crippen molar-refractivity contribution in [3.63, 3.8) is 0 Å². The Kier molecular flexibility index (Phi) is 4.06. The number of hydrogen-bond acceptors (Lipinski definition) is 4. The van der Waals surface area contributed by atoms with Gasteiger partial charge in [0.05, 0.1) is 6.04 Å². The summed E-state index contributed by atoms with van der Waals surface area (Å²) in [6.07, 6.45) is 2.70. The molecule has 0 spiro atoms. The van der Waals surface area contributed by atoms with E-state index in [2.05, 4.69) is 11.9 Å². The van der Waals surface area contributed by atoms with Crippen LogP contribution < -0.4 is 5.56 Å². The van der Waals surface area contributed by atoms with Gasteiger partial charge in [0.15, 0.2) is 5.16 Å². The van der Waals surface area contributed by atoms with Gasteiger partial charge in [-0.3, -0.25) is 14.2 Å². The first-order chi connectivity index (χ1) is 10.0. The van der Waals surface area contributed by atoms with Crippen molar-refractivity contribution >= 4 is 17.7 Å². The molecule has 1 aromatic heterocycles. The molecule has 0 radical (unpaired) electrons. The second-order valence-corrected chi connectivity index (χ2v) is 7.13. The Hall–Kier alpha value is -1.30. The number of aryl methyl sites for hydroxylation is 1. The minimum absolute atomic E-state index is 0.0349. The van der Waals surface area contributed by atoms with Gasteiger partial charge < -0.3 is 4.90 Å². The van der Waals surface area contributed by atoms with Crippen LogP contribution in [0.2, 0.25) is 0 Å².